The van der Waals surface area contributed by atoms with Gasteiger partial charge < -0.3 is 0 Å². The van der Waals surface area contributed by atoms with Gasteiger partial charge >= 0.3 is 0 Å². The van der Waals surface area contributed by atoms with E-state index >= 15 is 0 Å². The van der Waals surface area contributed by atoms with Crippen LogP contribution in [0.1, 0.15) is 13.8 Å². The first-order valence-electron chi connectivity index (χ1n) is 3.18. The standard InChI is InChI=1S/C7H11N2/c1-7(2)6-9-5-3-4-8-9/h3-4,7H,6H2,1-2H3. The molecule has 0 aliphatic heterocycles. The second-order valence-corrected chi connectivity index (χ2v) is 2.54. The molecule has 0 unspecified atom stereocenters. The summed E-state index contributed by atoms with van der Waals surface area (Å²) in [4.78, 5) is 0. The van der Waals surface area contributed by atoms with Gasteiger partial charge in [0.25, 0.3) is 0 Å². The number of hydrogen-bond donors (Lipinski definition) is 0. The van der Waals surface area contributed by atoms with Gasteiger partial charge in [-0.1, -0.05) is 13.8 Å². The second kappa shape index (κ2) is 2.67. The monoisotopic (exact) mass is 123 g/mol. The molecular formula is C7H11N2. The summed E-state index contributed by atoms with van der Waals surface area (Å²) in [5.74, 6) is 0.654. The molecule has 2 heteroatoms. The first-order valence-corrected chi connectivity index (χ1v) is 3.18. The molecule has 0 atom stereocenters. The minimum atomic E-state index is 0.654. The van der Waals surface area contributed by atoms with Crippen molar-refractivity contribution in [1.82, 2.24) is 9.78 Å². The molecule has 2 nitrogen and oxygen atoms in total. The molecule has 1 radical (unpaired) electrons. The van der Waals surface area contributed by atoms with E-state index in [2.05, 4.69) is 25.1 Å². The predicted octanol–water partition coefficient (Wildman–Crippen LogP) is 1.34. The maximum absolute atomic E-state index is 4.02. The molecule has 0 aliphatic carbocycles. The zero-order valence-corrected chi connectivity index (χ0v) is 5.83. The van der Waals surface area contributed by atoms with E-state index in [9.17, 15) is 0 Å². The molecule has 0 aliphatic rings. The molecule has 1 aromatic heterocycles. The van der Waals surface area contributed by atoms with Crippen molar-refractivity contribution in [3.63, 3.8) is 0 Å². The maximum Gasteiger partial charge on any atom is 0.0863 e. The van der Waals surface area contributed by atoms with Gasteiger partial charge in [-0.3, -0.25) is 4.68 Å². The van der Waals surface area contributed by atoms with Crippen LogP contribution in [-0.4, -0.2) is 9.78 Å². The van der Waals surface area contributed by atoms with Gasteiger partial charge in [0.15, 0.2) is 0 Å². The quantitative estimate of drug-likeness (QED) is 0.580. The second-order valence-electron chi connectivity index (χ2n) is 2.54. The SMILES string of the molecule is CC(C)Cn1[c]ccn1. The smallest absolute Gasteiger partial charge is 0.0863 e. The summed E-state index contributed by atoms with van der Waals surface area (Å²) >= 11 is 0. The van der Waals surface area contributed by atoms with Crippen LogP contribution in [0.25, 0.3) is 0 Å². The molecule has 1 heterocycles. The van der Waals surface area contributed by atoms with E-state index in [1.165, 1.54) is 0 Å². The highest BCUT2D eigenvalue weighted by Gasteiger charge is 1.93. The number of rotatable bonds is 2. The minimum Gasteiger partial charge on any atom is -0.263 e. The first kappa shape index (κ1) is 6.33. The van der Waals surface area contributed by atoms with Crippen LogP contribution in [0.2, 0.25) is 0 Å². The fraction of sp³-hybridized carbons (Fsp3) is 0.571. The Morgan fingerprint density at radius 2 is 2.44 bits per heavy atom. The summed E-state index contributed by atoms with van der Waals surface area (Å²) in [5, 5.41) is 4.02. The lowest BCUT2D eigenvalue weighted by Gasteiger charge is -2.01. The van der Waals surface area contributed by atoms with E-state index < -0.39 is 0 Å². The van der Waals surface area contributed by atoms with Crippen LogP contribution in [0.4, 0.5) is 0 Å². The van der Waals surface area contributed by atoms with Crippen LogP contribution in [0.15, 0.2) is 12.3 Å². The summed E-state index contributed by atoms with van der Waals surface area (Å²) in [5.41, 5.74) is 0. The Kier molecular flexibility index (Phi) is 1.88. The topological polar surface area (TPSA) is 17.8 Å². The van der Waals surface area contributed by atoms with Crippen molar-refractivity contribution in [2.45, 2.75) is 20.4 Å². The number of aromatic nitrogens is 2. The van der Waals surface area contributed by atoms with E-state index in [0.29, 0.717) is 5.92 Å². The third-order valence-corrected chi connectivity index (χ3v) is 1.04. The van der Waals surface area contributed by atoms with Crippen LogP contribution in [0.3, 0.4) is 0 Å². The van der Waals surface area contributed by atoms with Gasteiger partial charge in [0.1, 0.15) is 0 Å². The third-order valence-electron chi connectivity index (χ3n) is 1.04. The summed E-state index contributed by atoms with van der Waals surface area (Å²) in [6.07, 6.45) is 4.73. The Morgan fingerprint density at radius 3 is 2.89 bits per heavy atom. The molecule has 1 rings (SSSR count). The molecule has 49 valence electrons. The highest BCUT2D eigenvalue weighted by atomic mass is 15.3. The Balaban J connectivity index is 2.48. The maximum atomic E-state index is 4.02. The molecule has 0 saturated heterocycles. The van der Waals surface area contributed by atoms with Crippen LogP contribution in [0.5, 0.6) is 0 Å². The fourth-order valence-corrected chi connectivity index (χ4v) is 0.712. The van der Waals surface area contributed by atoms with Gasteiger partial charge in [-0.25, -0.2) is 0 Å². The molecule has 0 saturated carbocycles. The van der Waals surface area contributed by atoms with Gasteiger partial charge in [-0.05, 0) is 12.0 Å². The van der Waals surface area contributed by atoms with Crippen molar-refractivity contribution in [2.75, 3.05) is 0 Å². The zero-order chi connectivity index (χ0) is 6.69. The molecular weight excluding hydrogens is 112 g/mol. The van der Waals surface area contributed by atoms with E-state index in [0.717, 1.165) is 6.54 Å². The van der Waals surface area contributed by atoms with Crippen LogP contribution in [0, 0.1) is 12.1 Å². The van der Waals surface area contributed by atoms with Gasteiger partial charge in [0.05, 0.1) is 6.20 Å². The molecule has 0 fully saturated rings. The molecule has 0 aromatic carbocycles. The van der Waals surface area contributed by atoms with Crippen molar-refractivity contribution < 1.29 is 0 Å². The molecule has 9 heavy (non-hydrogen) atoms. The van der Waals surface area contributed by atoms with Crippen molar-refractivity contribution >= 4 is 0 Å². The van der Waals surface area contributed by atoms with Gasteiger partial charge in [-0.2, -0.15) is 5.10 Å². The van der Waals surface area contributed by atoms with Gasteiger partial charge in [0.2, 0.25) is 0 Å². The van der Waals surface area contributed by atoms with Crippen LogP contribution >= 0.6 is 0 Å². The number of hydrogen-bond acceptors (Lipinski definition) is 1. The van der Waals surface area contributed by atoms with Crippen LogP contribution < -0.4 is 0 Å². The van der Waals surface area contributed by atoms with Crippen molar-refractivity contribution in [2.24, 2.45) is 5.92 Å². The average Bonchev–Trinajstić information content (AvgIpc) is 2.15. The molecule has 1 aromatic rings. The minimum absolute atomic E-state index is 0.654. The van der Waals surface area contributed by atoms with Crippen molar-refractivity contribution in [1.29, 1.82) is 0 Å². The van der Waals surface area contributed by atoms with Crippen molar-refractivity contribution in [3.05, 3.63) is 18.5 Å². The number of nitrogens with zero attached hydrogens (tertiary/aromatic N) is 2. The van der Waals surface area contributed by atoms with E-state index in [1.807, 2.05) is 10.7 Å². The van der Waals surface area contributed by atoms with E-state index in [1.54, 1.807) is 6.20 Å². The average molecular weight is 123 g/mol. The largest absolute Gasteiger partial charge is 0.263 e. The molecule has 0 bridgehead atoms. The van der Waals surface area contributed by atoms with Gasteiger partial charge in [0, 0.05) is 12.7 Å². The van der Waals surface area contributed by atoms with E-state index in [-0.39, 0.29) is 0 Å². The predicted molar refractivity (Wildman–Crippen MR) is 35.9 cm³/mol. The molecule has 0 spiro atoms. The Labute approximate surface area is 55.5 Å². The Hall–Kier alpha value is -0.790. The summed E-state index contributed by atoms with van der Waals surface area (Å²) in [6.45, 7) is 5.29. The fourth-order valence-electron chi connectivity index (χ4n) is 0.712. The van der Waals surface area contributed by atoms with Gasteiger partial charge in [-0.15, -0.1) is 0 Å². The lowest BCUT2D eigenvalue weighted by atomic mass is 10.2. The zero-order valence-electron chi connectivity index (χ0n) is 5.83. The summed E-state index contributed by atoms with van der Waals surface area (Å²) in [7, 11) is 0. The summed E-state index contributed by atoms with van der Waals surface area (Å²) in [6, 6.07) is 1.82. The summed E-state index contributed by atoms with van der Waals surface area (Å²) < 4.78 is 1.82. The Bertz CT molecular complexity index is 153. The highest BCUT2D eigenvalue weighted by Crippen LogP contribution is 1.95. The first-order chi connectivity index (χ1) is 4.29. The lowest BCUT2D eigenvalue weighted by molar-refractivity contribution is 0.481. The third kappa shape index (κ3) is 1.88. The Morgan fingerprint density at radius 1 is 1.67 bits per heavy atom. The molecule has 0 amide bonds. The highest BCUT2D eigenvalue weighted by molar-refractivity contribution is 4.75. The van der Waals surface area contributed by atoms with Crippen molar-refractivity contribution in [3.8, 4) is 0 Å². The van der Waals surface area contributed by atoms with E-state index in [4.69, 9.17) is 0 Å². The molecule has 0 N–H and O–H groups in total. The van der Waals surface area contributed by atoms with Crippen LogP contribution in [-0.2, 0) is 6.54 Å². The lowest BCUT2D eigenvalue weighted by Crippen LogP contribution is -2.04. The normalized spacial score (nSPS) is 10.6.